The van der Waals surface area contributed by atoms with Crippen molar-refractivity contribution < 1.29 is 15.0 Å². The first kappa shape index (κ1) is 13.3. The van der Waals surface area contributed by atoms with Gasteiger partial charge in [-0.2, -0.15) is 0 Å². The minimum Gasteiger partial charge on any atom is -0.504 e. The van der Waals surface area contributed by atoms with Gasteiger partial charge in [-0.05, 0) is 22.0 Å². The molecular weight excluding hydrogens is 318 g/mol. The van der Waals surface area contributed by atoms with E-state index in [2.05, 4.69) is 20.9 Å². The van der Waals surface area contributed by atoms with Crippen molar-refractivity contribution in [3.05, 3.63) is 15.5 Å². The Morgan fingerprint density at radius 1 is 1.39 bits per heavy atom. The van der Waals surface area contributed by atoms with E-state index >= 15 is 0 Å². The van der Waals surface area contributed by atoms with Gasteiger partial charge in [-0.3, -0.25) is 4.79 Å². The predicted molar refractivity (Wildman–Crippen MR) is 74.4 cm³/mol. The molecule has 0 spiro atoms. The number of benzene rings is 1. The van der Waals surface area contributed by atoms with Gasteiger partial charge in [0.2, 0.25) is 0 Å². The highest BCUT2D eigenvalue weighted by Gasteiger charge is 2.28. The molecule has 0 saturated heterocycles. The first-order valence-electron chi connectivity index (χ1n) is 5.27. The highest BCUT2D eigenvalue weighted by molar-refractivity contribution is 9.11. The van der Waals surface area contributed by atoms with Gasteiger partial charge < -0.3 is 10.2 Å². The molecular formula is C12H12BrNO3S. The van der Waals surface area contributed by atoms with E-state index in [1.165, 1.54) is 17.4 Å². The zero-order valence-corrected chi connectivity index (χ0v) is 12.5. The average Bonchev–Trinajstić information content (AvgIpc) is 2.63. The van der Waals surface area contributed by atoms with Crippen molar-refractivity contribution in [1.82, 2.24) is 4.98 Å². The highest BCUT2D eigenvalue weighted by atomic mass is 79.9. The van der Waals surface area contributed by atoms with Crippen LogP contribution in [0.5, 0.6) is 11.5 Å². The van der Waals surface area contributed by atoms with Crippen LogP contribution in [0.2, 0.25) is 0 Å². The van der Waals surface area contributed by atoms with Crippen molar-refractivity contribution in [3.8, 4) is 11.5 Å². The minimum absolute atomic E-state index is 0.124. The summed E-state index contributed by atoms with van der Waals surface area (Å²) >= 11 is 4.40. The molecule has 18 heavy (non-hydrogen) atoms. The number of phenolic OH excluding ortho intramolecular Hbond substituents is 2. The zero-order chi connectivity index (χ0) is 13.7. The summed E-state index contributed by atoms with van der Waals surface area (Å²) < 4.78 is 0.968. The number of fused-ring (bicyclic) bond motifs is 1. The lowest BCUT2D eigenvalue weighted by Crippen LogP contribution is -2.20. The molecule has 0 aliphatic rings. The molecule has 1 aromatic carbocycles. The fourth-order valence-electron chi connectivity index (χ4n) is 1.60. The van der Waals surface area contributed by atoms with Gasteiger partial charge in [-0.1, -0.05) is 20.8 Å². The highest BCUT2D eigenvalue weighted by Crippen LogP contribution is 2.42. The fraction of sp³-hybridized carbons (Fsp3) is 0.333. The fourth-order valence-corrected chi connectivity index (χ4v) is 3.03. The molecule has 6 heteroatoms. The maximum atomic E-state index is 12.3. The van der Waals surface area contributed by atoms with Crippen LogP contribution >= 0.6 is 27.3 Å². The normalized spacial score (nSPS) is 12.0. The maximum absolute atomic E-state index is 12.3. The molecule has 0 amide bonds. The Labute approximate surface area is 116 Å². The number of hydrogen-bond acceptors (Lipinski definition) is 5. The molecule has 0 saturated carbocycles. The van der Waals surface area contributed by atoms with Crippen molar-refractivity contribution in [2.75, 3.05) is 0 Å². The molecule has 0 bridgehead atoms. The van der Waals surface area contributed by atoms with E-state index in [9.17, 15) is 15.0 Å². The molecule has 2 aromatic rings. The summed E-state index contributed by atoms with van der Waals surface area (Å²) in [6.07, 6.45) is 0. The van der Waals surface area contributed by atoms with Gasteiger partial charge in [0.05, 0.1) is 5.52 Å². The van der Waals surface area contributed by atoms with E-state index in [4.69, 9.17) is 0 Å². The van der Waals surface area contributed by atoms with Gasteiger partial charge in [0.1, 0.15) is 4.70 Å². The van der Waals surface area contributed by atoms with Gasteiger partial charge in [0, 0.05) is 11.0 Å². The SMILES string of the molecule is CC(C)(C)C(=O)c1cc(O)c(O)c2sc(Br)nc12. The maximum Gasteiger partial charge on any atom is 0.177 e. The Kier molecular flexibility index (Phi) is 3.11. The average molecular weight is 330 g/mol. The first-order chi connectivity index (χ1) is 8.21. The minimum atomic E-state index is -0.577. The molecule has 1 heterocycles. The molecule has 1 aromatic heterocycles. The van der Waals surface area contributed by atoms with Crippen LogP contribution in [-0.4, -0.2) is 21.0 Å². The Balaban J connectivity index is 2.79. The molecule has 96 valence electrons. The molecule has 0 atom stereocenters. The van der Waals surface area contributed by atoms with E-state index in [0.717, 1.165) is 0 Å². The van der Waals surface area contributed by atoms with Crippen LogP contribution in [-0.2, 0) is 0 Å². The summed E-state index contributed by atoms with van der Waals surface area (Å²) in [5.41, 5.74) is 0.170. The third-order valence-electron chi connectivity index (χ3n) is 2.52. The van der Waals surface area contributed by atoms with Crippen molar-refractivity contribution in [1.29, 1.82) is 0 Å². The Bertz CT molecular complexity index is 643. The largest absolute Gasteiger partial charge is 0.504 e. The van der Waals surface area contributed by atoms with Gasteiger partial charge in [-0.25, -0.2) is 4.98 Å². The van der Waals surface area contributed by atoms with Crippen molar-refractivity contribution in [2.24, 2.45) is 5.41 Å². The lowest BCUT2D eigenvalue weighted by Gasteiger charge is -2.17. The number of rotatable bonds is 1. The van der Waals surface area contributed by atoms with Crippen molar-refractivity contribution in [2.45, 2.75) is 20.8 Å². The van der Waals surface area contributed by atoms with Gasteiger partial charge in [0.15, 0.2) is 21.2 Å². The van der Waals surface area contributed by atoms with E-state index in [-0.39, 0.29) is 17.3 Å². The number of carbonyl (C=O) groups is 1. The lowest BCUT2D eigenvalue weighted by molar-refractivity contribution is 0.0859. The molecule has 0 aliphatic carbocycles. The third kappa shape index (κ3) is 2.10. The van der Waals surface area contributed by atoms with Crippen LogP contribution in [0.25, 0.3) is 10.2 Å². The summed E-state index contributed by atoms with van der Waals surface area (Å²) in [6.45, 7) is 5.39. The second kappa shape index (κ2) is 4.20. The second-order valence-electron chi connectivity index (χ2n) is 5.02. The van der Waals surface area contributed by atoms with Gasteiger partial charge >= 0.3 is 0 Å². The Morgan fingerprint density at radius 2 is 2.00 bits per heavy atom. The summed E-state index contributed by atoms with van der Waals surface area (Å²) in [7, 11) is 0. The summed E-state index contributed by atoms with van der Waals surface area (Å²) in [4.78, 5) is 16.5. The summed E-state index contributed by atoms with van der Waals surface area (Å²) in [5.74, 6) is -0.662. The standard InChI is InChI=1S/C12H12BrNO3S/c1-12(2,3)10(17)5-4-6(15)8(16)9-7(5)14-11(13)18-9/h4,15-16H,1-3H3. The number of nitrogens with zero attached hydrogens (tertiary/aromatic N) is 1. The molecule has 0 unspecified atom stereocenters. The molecule has 2 rings (SSSR count). The monoisotopic (exact) mass is 329 g/mol. The predicted octanol–water partition coefficient (Wildman–Crippen LogP) is 3.70. The van der Waals surface area contributed by atoms with E-state index in [1.807, 2.05) is 0 Å². The first-order valence-corrected chi connectivity index (χ1v) is 6.88. The summed E-state index contributed by atoms with van der Waals surface area (Å²) in [6, 6.07) is 1.28. The van der Waals surface area contributed by atoms with Crippen LogP contribution < -0.4 is 0 Å². The molecule has 2 N–H and O–H groups in total. The van der Waals surface area contributed by atoms with Crippen LogP contribution in [0.4, 0.5) is 0 Å². The van der Waals surface area contributed by atoms with Crippen molar-refractivity contribution >= 4 is 43.3 Å². The van der Waals surface area contributed by atoms with E-state index in [1.54, 1.807) is 20.8 Å². The smallest absolute Gasteiger partial charge is 0.177 e. The van der Waals surface area contributed by atoms with E-state index in [0.29, 0.717) is 19.7 Å². The molecule has 0 aliphatic heterocycles. The number of carbonyl (C=O) groups excluding carboxylic acids is 1. The van der Waals surface area contributed by atoms with Crippen molar-refractivity contribution in [3.63, 3.8) is 0 Å². The topological polar surface area (TPSA) is 70.4 Å². The second-order valence-corrected chi connectivity index (χ2v) is 7.29. The number of halogens is 1. The van der Waals surface area contributed by atoms with Crippen LogP contribution in [0.15, 0.2) is 9.98 Å². The van der Waals surface area contributed by atoms with Gasteiger partial charge in [0.25, 0.3) is 0 Å². The van der Waals surface area contributed by atoms with Crippen LogP contribution in [0, 0.1) is 5.41 Å². The quantitative estimate of drug-likeness (QED) is 0.618. The van der Waals surface area contributed by atoms with Crippen LogP contribution in [0.1, 0.15) is 31.1 Å². The Morgan fingerprint density at radius 3 is 2.56 bits per heavy atom. The number of ketones is 1. The number of aromatic nitrogens is 1. The number of hydrogen-bond donors (Lipinski definition) is 2. The van der Waals surface area contributed by atoms with Crippen LogP contribution in [0.3, 0.4) is 0 Å². The Hall–Kier alpha value is -1.14. The number of Topliss-reactive ketones (excluding diaryl/α,β-unsaturated/α-hetero) is 1. The molecule has 4 nitrogen and oxygen atoms in total. The van der Waals surface area contributed by atoms with Gasteiger partial charge in [-0.15, -0.1) is 11.3 Å². The number of thiazole rings is 1. The zero-order valence-electron chi connectivity index (χ0n) is 10.1. The number of phenols is 2. The number of aromatic hydroxyl groups is 2. The molecule has 0 fully saturated rings. The molecule has 0 radical (unpaired) electrons. The van der Waals surface area contributed by atoms with E-state index < -0.39 is 5.41 Å². The lowest BCUT2D eigenvalue weighted by atomic mass is 9.86. The third-order valence-corrected chi connectivity index (χ3v) is 4.03. The summed E-state index contributed by atoms with van der Waals surface area (Å²) in [5, 5.41) is 19.5.